The summed E-state index contributed by atoms with van der Waals surface area (Å²) in [7, 11) is 0. The van der Waals surface area contributed by atoms with E-state index in [1.807, 2.05) is 29.2 Å². The fourth-order valence-electron chi connectivity index (χ4n) is 3.34. The molecule has 4 rings (SSSR count). The second kappa shape index (κ2) is 7.93. The number of fused-ring (bicyclic) bond motifs is 1. The molecule has 0 bridgehead atoms. The van der Waals surface area contributed by atoms with Crippen molar-refractivity contribution in [3.8, 4) is 11.5 Å². The standard InChI is InChI=1S/C19H19FN2O3.ClH/c20-15-3-1-2-14(10-15)16-11-21-6-7-22(16)19(23)9-13-4-5-17-18(8-13)25-12-24-17;/h1-5,8,10,16,21H,6-7,9,11-12H2;1H. The Morgan fingerprint density at radius 3 is 2.88 bits per heavy atom. The highest BCUT2D eigenvalue weighted by molar-refractivity contribution is 5.85. The van der Waals surface area contributed by atoms with Crippen molar-refractivity contribution >= 4 is 18.3 Å². The van der Waals surface area contributed by atoms with E-state index in [2.05, 4.69) is 5.32 Å². The van der Waals surface area contributed by atoms with Crippen LogP contribution in [0.1, 0.15) is 17.2 Å². The quantitative estimate of drug-likeness (QED) is 0.892. The molecule has 2 aromatic carbocycles. The van der Waals surface area contributed by atoms with Crippen LogP contribution in [0.25, 0.3) is 0 Å². The number of piperazine rings is 1. The Morgan fingerprint density at radius 2 is 2.04 bits per heavy atom. The first-order valence-electron chi connectivity index (χ1n) is 8.35. The normalized spacial score (nSPS) is 18.3. The van der Waals surface area contributed by atoms with Gasteiger partial charge in [-0.25, -0.2) is 4.39 Å². The molecule has 1 N–H and O–H groups in total. The van der Waals surface area contributed by atoms with E-state index >= 15 is 0 Å². The van der Waals surface area contributed by atoms with E-state index < -0.39 is 0 Å². The predicted molar refractivity (Wildman–Crippen MR) is 97.2 cm³/mol. The zero-order valence-electron chi connectivity index (χ0n) is 14.1. The molecular weight excluding hydrogens is 359 g/mol. The van der Waals surface area contributed by atoms with Gasteiger partial charge < -0.3 is 19.7 Å². The summed E-state index contributed by atoms with van der Waals surface area (Å²) < 4.78 is 24.2. The SMILES string of the molecule is Cl.O=C(Cc1ccc2c(c1)OCO2)N1CCNCC1c1cccc(F)c1. The maximum absolute atomic E-state index is 13.6. The number of benzene rings is 2. The summed E-state index contributed by atoms with van der Waals surface area (Å²) in [5.74, 6) is 1.11. The third-order valence-corrected chi connectivity index (χ3v) is 4.59. The first kappa shape index (κ1) is 18.5. The lowest BCUT2D eigenvalue weighted by Crippen LogP contribution is -2.49. The Labute approximate surface area is 157 Å². The molecule has 0 spiro atoms. The van der Waals surface area contributed by atoms with Gasteiger partial charge in [0, 0.05) is 19.6 Å². The number of nitrogens with one attached hydrogen (secondary N) is 1. The van der Waals surface area contributed by atoms with Gasteiger partial charge in [-0.1, -0.05) is 18.2 Å². The smallest absolute Gasteiger partial charge is 0.231 e. The van der Waals surface area contributed by atoms with Crippen molar-refractivity contribution in [3.63, 3.8) is 0 Å². The Balaban J connectivity index is 0.00000196. The summed E-state index contributed by atoms with van der Waals surface area (Å²) in [6.45, 7) is 2.17. The van der Waals surface area contributed by atoms with Gasteiger partial charge in [0.1, 0.15) is 5.82 Å². The summed E-state index contributed by atoms with van der Waals surface area (Å²) in [6, 6.07) is 11.8. The molecule has 1 unspecified atom stereocenters. The van der Waals surface area contributed by atoms with Crippen LogP contribution in [0.5, 0.6) is 11.5 Å². The van der Waals surface area contributed by atoms with E-state index in [0.29, 0.717) is 24.6 Å². The van der Waals surface area contributed by atoms with Crippen molar-refractivity contribution in [1.82, 2.24) is 10.2 Å². The van der Waals surface area contributed by atoms with Crippen LogP contribution in [0, 0.1) is 5.82 Å². The van der Waals surface area contributed by atoms with Gasteiger partial charge in [0.2, 0.25) is 12.7 Å². The molecule has 5 nitrogen and oxygen atoms in total. The van der Waals surface area contributed by atoms with Gasteiger partial charge in [-0.05, 0) is 35.4 Å². The molecule has 1 atom stereocenters. The molecule has 0 radical (unpaired) electrons. The zero-order valence-corrected chi connectivity index (χ0v) is 14.9. The highest BCUT2D eigenvalue weighted by atomic mass is 35.5. The molecule has 1 amide bonds. The Hall–Kier alpha value is -2.31. The largest absolute Gasteiger partial charge is 0.454 e. The van der Waals surface area contributed by atoms with Crippen molar-refractivity contribution in [2.24, 2.45) is 0 Å². The number of rotatable bonds is 3. The van der Waals surface area contributed by atoms with E-state index in [1.165, 1.54) is 12.1 Å². The van der Waals surface area contributed by atoms with Gasteiger partial charge in [-0.2, -0.15) is 0 Å². The third kappa shape index (κ3) is 3.76. The molecule has 2 aromatic rings. The summed E-state index contributed by atoms with van der Waals surface area (Å²) in [4.78, 5) is 14.7. The average molecular weight is 379 g/mol. The van der Waals surface area contributed by atoms with E-state index in [1.54, 1.807) is 6.07 Å². The van der Waals surface area contributed by atoms with Crippen molar-refractivity contribution in [2.75, 3.05) is 26.4 Å². The highest BCUT2D eigenvalue weighted by Gasteiger charge is 2.28. The molecule has 2 aliphatic heterocycles. The number of hydrogen-bond acceptors (Lipinski definition) is 4. The van der Waals surface area contributed by atoms with Gasteiger partial charge in [-0.15, -0.1) is 12.4 Å². The van der Waals surface area contributed by atoms with Crippen LogP contribution in [0.15, 0.2) is 42.5 Å². The molecule has 7 heteroatoms. The molecule has 0 aromatic heterocycles. The average Bonchev–Trinajstić information content (AvgIpc) is 3.09. The van der Waals surface area contributed by atoms with Crippen LogP contribution in [-0.2, 0) is 11.2 Å². The highest BCUT2D eigenvalue weighted by Crippen LogP contribution is 2.33. The second-order valence-corrected chi connectivity index (χ2v) is 6.23. The molecule has 138 valence electrons. The fraction of sp³-hybridized carbons (Fsp3) is 0.316. The third-order valence-electron chi connectivity index (χ3n) is 4.59. The lowest BCUT2D eigenvalue weighted by Gasteiger charge is -2.36. The molecule has 26 heavy (non-hydrogen) atoms. The lowest BCUT2D eigenvalue weighted by atomic mass is 10.0. The Morgan fingerprint density at radius 1 is 1.19 bits per heavy atom. The number of carbonyl (C=O) groups is 1. The Kier molecular flexibility index (Phi) is 5.64. The van der Waals surface area contributed by atoms with Crippen LogP contribution < -0.4 is 14.8 Å². The maximum atomic E-state index is 13.6. The van der Waals surface area contributed by atoms with Gasteiger partial charge in [0.05, 0.1) is 12.5 Å². The predicted octanol–water partition coefficient (Wildman–Crippen LogP) is 2.69. The summed E-state index contributed by atoms with van der Waals surface area (Å²) >= 11 is 0. The van der Waals surface area contributed by atoms with E-state index in [-0.39, 0.29) is 43.4 Å². The molecule has 2 aliphatic rings. The van der Waals surface area contributed by atoms with E-state index in [9.17, 15) is 9.18 Å². The van der Waals surface area contributed by atoms with Crippen LogP contribution in [0.4, 0.5) is 4.39 Å². The minimum Gasteiger partial charge on any atom is -0.454 e. The minimum absolute atomic E-state index is 0. The van der Waals surface area contributed by atoms with Crippen molar-refractivity contribution in [3.05, 3.63) is 59.4 Å². The van der Waals surface area contributed by atoms with Gasteiger partial charge >= 0.3 is 0 Å². The monoisotopic (exact) mass is 378 g/mol. The van der Waals surface area contributed by atoms with Crippen LogP contribution >= 0.6 is 12.4 Å². The first-order chi connectivity index (χ1) is 12.2. The van der Waals surface area contributed by atoms with E-state index in [0.717, 1.165) is 17.7 Å². The minimum atomic E-state index is -0.286. The van der Waals surface area contributed by atoms with Crippen LogP contribution in [-0.4, -0.2) is 37.2 Å². The van der Waals surface area contributed by atoms with Crippen LogP contribution in [0.2, 0.25) is 0 Å². The molecule has 2 heterocycles. The van der Waals surface area contributed by atoms with Crippen molar-refractivity contribution in [2.45, 2.75) is 12.5 Å². The topological polar surface area (TPSA) is 50.8 Å². The molecule has 0 saturated carbocycles. The van der Waals surface area contributed by atoms with Crippen LogP contribution in [0.3, 0.4) is 0 Å². The number of carbonyl (C=O) groups excluding carboxylic acids is 1. The van der Waals surface area contributed by atoms with Gasteiger partial charge in [0.15, 0.2) is 11.5 Å². The molecule has 0 aliphatic carbocycles. The first-order valence-corrected chi connectivity index (χ1v) is 8.35. The van der Waals surface area contributed by atoms with Crippen molar-refractivity contribution < 1.29 is 18.7 Å². The maximum Gasteiger partial charge on any atom is 0.231 e. The van der Waals surface area contributed by atoms with E-state index in [4.69, 9.17) is 9.47 Å². The number of nitrogens with zero attached hydrogens (tertiary/aromatic N) is 1. The Bertz CT molecular complexity index is 802. The number of halogens is 2. The van der Waals surface area contributed by atoms with Gasteiger partial charge in [-0.3, -0.25) is 4.79 Å². The fourth-order valence-corrected chi connectivity index (χ4v) is 3.34. The number of hydrogen-bond donors (Lipinski definition) is 1. The summed E-state index contributed by atoms with van der Waals surface area (Å²) in [5, 5.41) is 3.28. The summed E-state index contributed by atoms with van der Waals surface area (Å²) in [5.41, 5.74) is 1.69. The second-order valence-electron chi connectivity index (χ2n) is 6.23. The molecule has 1 saturated heterocycles. The number of amides is 1. The lowest BCUT2D eigenvalue weighted by molar-refractivity contribution is -0.133. The van der Waals surface area contributed by atoms with Crippen molar-refractivity contribution in [1.29, 1.82) is 0 Å². The number of ether oxygens (including phenoxy) is 2. The molecule has 1 fully saturated rings. The van der Waals surface area contributed by atoms with Gasteiger partial charge in [0.25, 0.3) is 0 Å². The summed E-state index contributed by atoms with van der Waals surface area (Å²) in [6.07, 6.45) is 0.280. The molecular formula is C19H20ClFN2O3. The zero-order chi connectivity index (χ0) is 17.2.